The summed E-state index contributed by atoms with van der Waals surface area (Å²) in [4.78, 5) is 0. The summed E-state index contributed by atoms with van der Waals surface area (Å²) in [6.07, 6.45) is 0. The Morgan fingerprint density at radius 1 is 0.333 bits per heavy atom. The van der Waals surface area contributed by atoms with Crippen molar-refractivity contribution in [3.63, 3.8) is 0 Å². The lowest BCUT2D eigenvalue weighted by Gasteiger charge is -2.18. The molecule has 1 aromatic heterocycles. The molecule has 0 radical (unpaired) electrons. The molecule has 1 heteroatoms. The molecule has 0 N–H and O–H groups in total. The molecule has 10 rings (SSSR count). The largest absolute Gasteiger partial charge is 0.456 e. The number of hydrogen-bond donors (Lipinski definition) is 0. The number of fused-ring (bicyclic) bond motifs is 5. The summed E-state index contributed by atoms with van der Waals surface area (Å²) in [7, 11) is 0. The summed E-state index contributed by atoms with van der Waals surface area (Å²) < 4.78 is 83.3. The van der Waals surface area contributed by atoms with E-state index >= 15 is 0 Å². The number of hydrogen-bond acceptors (Lipinski definition) is 1. The Balaban J connectivity index is 1.15. The molecule has 0 atom stereocenters. The van der Waals surface area contributed by atoms with Gasteiger partial charge in [-0.1, -0.05) is 176 Å². The van der Waals surface area contributed by atoms with Gasteiger partial charge in [-0.15, -0.1) is 0 Å². The van der Waals surface area contributed by atoms with E-state index in [9.17, 15) is 0 Å². The third kappa shape index (κ3) is 4.94. The third-order valence-electron chi connectivity index (χ3n) is 9.64. The van der Waals surface area contributed by atoms with E-state index in [1.165, 1.54) is 0 Å². The maximum Gasteiger partial charge on any atom is 0.136 e. The van der Waals surface area contributed by atoms with Gasteiger partial charge in [0.05, 0.1) is 12.3 Å². The zero-order chi connectivity index (χ0) is 41.6. The third-order valence-corrected chi connectivity index (χ3v) is 9.64. The Hall–Kier alpha value is -6.70. The van der Waals surface area contributed by atoms with Gasteiger partial charge < -0.3 is 4.42 Å². The van der Waals surface area contributed by atoms with Crippen LogP contribution in [0.4, 0.5) is 0 Å². The van der Waals surface area contributed by atoms with E-state index in [0.717, 1.165) is 76.9 Å². The molecule has 9 aromatic carbocycles. The quantitative estimate of drug-likeness (QED) is 0.168. The van der Waals surface area contributed by atoms with Crippen LogP contribution in [0.2, 0.25) is 0 Å². The second-order valence-corrected chi connectivity index (χ2v) is 12.5. The molecule has 0 saturated heterocycles. The lowest BCUT2D eigenvalue weighted by molar-refractivity contribution is 0.669. The Kier molecular flexibility index (Phi) is 5.04. The molecule has 0 bridgehead atoms. The molecule has 0 saturated carbocycles. The van der Waals surface area contributed by atoms with E-state index in [2.05, 4.69) is 54.6 Å². The zero-order valence-electron chi connectivity index (χ0n) is 36.2. The first-order valence-corrected chi connectivity index (χ1v) is 16.8. The topological polar surface area (TPSA) is 13.1 Å². The van der Waals surface area contributed by atoms with Crippen LogP contribution >= 0.6 is 0 Å². The highest BCUT2D eigenvalue weighted by molar-refractivity contribution is 6.25. The van der Waals surface area contributed by atoms with Gasteiger partial charge in [0, 0.05) is 10.8 Å². The number of furan rings is 1. The summed E-state index contributed by atoms with van der Waals surface area (Å²) in [5, 5.41) is 6.24. The normalized spacial score (nSPS) is 14.0. The van der Waals surface area contributed by atoms with Crippen LogP contribution in [0.1, 0.15) is 12.3 Å². The van der Waals surface area contributed by atoms with Crippen LogP contribution in [0, 0.1) is 0 Å². The van der Waals surface area contributed by atoms with Crippen molar-refractivity contribution in [1.29, 1.82) is 0 Å². The van der Waals surface area contributed by atoms with Crippen LogP contribution in [-0.2, 0) is 0 Å². The van der Waals surface area contributed by atoms with Gasteiger partial charge in [0.1, 0.15) is 11.2 Å². The van der Waals surface area contributed by atoms with E-state index < -0.39 is 42.3 Å². The molecule has 1 nitrogen and oxygen atoms in total. The fraction of sp³-hybridized carbons (Fsp3) is 0. The van der Waals surface area contributed by atoms with Crippen molar-refractivity contribution in [3.8, 4) is 55.6 Å². The highest BCUT2D eigenvalue weighted by Gasteiger charge is 2.20. The molecule has 0 aliphatic carbocycles. The van der Waals surface area contributed by atoms with Crippen LogP contribution in [0.3, 0.4) is 0 Å². The van der Waals surface area contributed by atoms with Gasteiger partial charge in [0.15, 0.2) is 0 Å². The molecule has 0 aliphatic heterocycles. The molecule has 51 heavy (non-hydrogen) atoms. The average Bonchev–Trinajstić information content (AvgIpc) is 3.66. The molecule has 0 aliphatic rings. The molecule has 0 amide bonds. The predicted molar refractivity (Wildman–Crippen MR) is 216 cm³/mol. The maximum atomic E-state index is 8.99. The van der Waals surface area contributed by atoms with Gasteiger partial charge in [-0.3, -0.25) is 0 Å². The summed E-state index contributed by atoms with van der Waals surface area (Å²) >= 11 is 0. The van der Waals surface area contributed by atoms with E-state index in [1.54, 1.807) is 12.1 Å². The standard InChI is InChI=1S/C50H32O/c1-3-12-33(13-4-1)35-22-24-36(25-23-35)37-26-28-38(29-27-37)48-40-16-7-9-18-42(40)49(43-19-10-8-17-41(43)48)44-20-11-21-47-50(44)45-32-39(30-31-46(45)51-47)34-14-5-2-6-15-34/h1-32H/i1D,3D,4D,12D,13D,22D,23D,24D,25D. The fourth-order valence-electron chi connectivity index (χ4n) is 7.34. The van der Waals surface area contributed by atoms with E-state index in [1.807, 2.05) is 72.8 Å². The van der Waals surface area contributed by atoms with Crippen LogP contribution in [0.25, 0.3) is 99.1 Å². The van der Waals surface area contributed by atoms with Crippen molar-refractivity contribution in [3.05, 3.63) is 194 Å². The van der Waals surface area contributed by atoms with Crippen LogP contribution < -0.4 is 0 Å². The minimum absolute atomic E-state index is 0.0496. The van der Waals surface area contributed by atoms with Gasteiger partial charge in [0.25, 0.3) is 0 Å². The van der Waals surface area contributed by atoms with Crippen molar-refractivity contribution in [2.24, 2.45) is 0 Å². The van der Waals surface area contributed by atoms with E-state index in [-0.39, 0.29) is 28.8 Å². The Bertz CT molecular complexity index is 3290. The zero-order valence-corrected chi connectivity index (χ0v) is 27.2. The summed E-state index contributed by atoms with van der Waals surface area (Å²) in [5.41, 5.74) is 7.68. The Labute approximate surface area is 309 Å². The first-order chi connectivity index (χ1) is 29.0. The Morgan fingerprint density at radius 3 is 1.53 bits per heavy atom. The molecular formula is C50H32O. The minimum Gasteiger partial charge on any atom is -0.456 e. The van der Waals surface area contributed by atoms with Crippen molar-refractivity contribution in [2.45, 2.75) is 0 Å². The highest BCUT2D eigenvalue weighted by atomic mass is 16.3. The van der Waals surface area contributed by atoms with Crippen molar-refractivity contribution in [2.75, 3.05) is 0 Å². The van der Waals surface area contributed by atoms with Crippen LogP contribution in [0.15, 0.2) is 198 Å². The lowest BCUT2D eigenvalue weighted by atomic mass is 9.84. The van der Waals surface area contributed by atoms with Crippen LogP contribution in [0.5, 0.6) is 0 Å². The Morgan fingerprint density at radius 2 is 0.863 bits per heavy atom. The first kappa shape index (κ1) is 21.4. The van der Waals surface area contributed by atoms with Crippen LogP contribution in [-0.4, -0.2) is 0 Å². The fourth-order valence-corrected chi connectivity index (χ4v) is 7.34. The minimum atomic E-state index is -0.611. The van der Waals surface area contributed by atoms with Gasteiger partial charge in [0.2, 0.25) is 0 Å². The molecule has 0 fully saturated rings. The van der Waals surface area contributed by atoms with Gasteiger partial charge in [-0.25, -0.2) is 0 Å². The van der Waals surface area contributed by atoms with Gasteiger partial charge in [-0.2, -0.15) is 0 Å². The van der Waals surface area contributed by atoms with Crippen molar-refractivity contribution >= 4 is 43.5 Å². The van der Waals surface area contributed by atoms with E-state index in [0.29, 0.717) is 5.56 Å². The first-order valence-electron chi connectivity index (χ1n) is 21.3. The smallest absolute Gasteiger partial charge is 0.136 e. The molecule has 1 heterocycles. The summed E-state index contributed by atoms with van der Waals surface area (Å²) in [6, 6.07) is 42.3. The lowest BCUT2D eigenvalue weighted by Crippen LogP contribution is -1.91. The highest BCUT2D eigenvalue weighted by Crippen LogP contribution is 2.47. The second kappa shape index (κ2) is 12.0. The predicted octanol–water partition coefficient (Wildman–Crippen LogP) is 14.2. The summed E-state index contributed by atoms with van der Waals surface area (Å²) in [6.45, 7) is 0. The van der Waals surface area contributed by atoms with Crippen molar-refractivity contribution in [1.82, 2.24) is 0 Å². The molecule has 10 aromatic rings. The monoisotopic (exact) mass is 657 g/mol. The number of benzene rings is 9. The van der Waals surface area contributed by atoms with Crippen molar-refractivity contribution < 1.29 is 16.8 Å². The molecule has 0 spiro atoms. The van der Waals surface area contributed by atoms with Gasteiger partial charge >= 0.3 is 0 Å². The summed E-state index contributed by atoms with van der Waals surface area (Å²) in [5.74, 6) is 0. The van der Waals surface area contributed by atoms with E-state index in [4.69, 9.17) is 16.8 Å². The van der Waals surface area contributed by atoms with Gasteiger partial charge in [-0.05, 0) is 95.4 Å². The molecule has 0 unspecified atom stereocenters. The SMILES string of the molecule is [2H]c1c([2H])c([2H])c(-c2c([2H])c([2H])c(-c3ccc(-c4c5ccccc5c(-c5cccc6oc7ccc(-c8ccccc8)cc7c56)c5ccccc45)cc3)c([2H])c2[2H])c([2H])c1[2H]. The molecule has 238 valence electrons. The second-order valence-electron chi connectivity index (χ2n) is 12.5. The maximum absolute atomic E-state index is 8.99. The average molecular weight is 658 g/mol. The number of rotatable bonds is 5. The molecular weight excluding hydrogens is 617 g/mol.